The first kappa shape index (κ1) is 17.2. The summed E-state index contributed by atoms with van der Waals surface area (Å²) in [5.41, 5.74) is 0.286. The smallest absolute Gasteiger partial charge is 0.340 e. The molecule has 2 rings (SSSR count). The van der Waals surface area contributed by atoms with Gasteiger partial charge in [0.1, 0.15) is 0 Å². The monoisotopic (exact) mass is 341 g/mol. The highest BCUT2D eigenvalue weighted by atomic mass is 35.5. The second kappa shape index (κ2) is 7.88. The third-order valence-corrected chi connectivity index (χ3v) is 4.80. The maximum absolute atomic E-state index is 12.2. The van der Waals surface area contributed by atoms with Crippen LogP contribution in [0.1, 0.15) is 43.0 Å². The summed E-state index contributed by atoms with van der Waals surface area (Å²) in [6.07, 6.45) is 5.34. The van der Waals surface area contributed by atoms with Gasteiger partial charge in [-0.25, -0.2) is 4.79 Å². The van der Waals surface area contributed by atoms with Gasteiger partial charge in [0.25, 0.3) is 5.91 Å². The number of carbonyl (C=O) groups is 2. The molecule has 0 aromatic heterocycles. The van der Waals surface area contributed by atoms with E-state index in [4.69, 9.17) is 16.3 Å². The molecule has 1 aromatic carbocycles. The Morgan fingerprint density at radius 1 is 1.36 bits per heavy atom. The number of ether oxygens (including phenoxy) is 1. The van der Waals surface area contributed by atoms with E-state index in [9.17, 15) is 9.59 Å². The minimum absolute atomic E-state index is 0.206. The van der Waals surface area contributed by atoms with Gasteiger partial charge >= 0.3 is 5.97 Å². The Bertz CT molecular complexity index is 558. The molecule has 0 bridgehead atoms. The van der Waals surface area contributed by atoms with Crippen LogP contribution in [0.15, 0.2) is 23.1 Å². The molecular weight excluding hydrogens is 322 g/mol. The molecule has 0 heterocycles. The molecule has 1 saturated carbocycles. The van der Waals surface area contributed by atoms with E-state index < -0.39 is 12.1 Å². The molecule has 0 spiro atoms. The Kier molecular flexibility index (Phi) is 6.15. The molecule has 1 aromatic rings. The lowest BCUT2D eigenvalue weighted by Crippen LogP contribution is -2.40. The summed E-state index contributed by atoms with van der Waals surface area (Å²) in [7, 11) is 0. The number of hydrogen-bond donors (Lipinski definition) is 1. The van der Waals surface area contributed by atoms with Crippen molar-refractivity contribution >= 4 is 35.2 Å². The molecule has 1 aliphatic rings. The SMILES string of the molecule is CSc1ccc(Cl)c(C(=O)O[C@H](C)C(=O)NC2CCCC2)c1. The molecule has 120 valence electrons. The van der Waals surface area contributed by atoms with Crippen LogP contribution >= 0.6 is 23.4 Å². The average molecular weight is 342 g/mol. The van der Waals surface area contributed by atoms with Gasteiger partial charge in [0.05, 0.1) is 10.6 Å². The number of hydrogen-bond acceptors (Lipinski definition) is 4. The zero-order valence-corrected chi connectivity index (χ0v) is 14.3. The summed E-state index contributed by atoms with van der Waals surface area (Å²) in [5, 5.41) is 3.24. The summed E-state index contributed by atoms with van der Waals surface area (Å²) in [5.74, 6) is -0.827. The van der Waals surface area contributed by atoms with Gasteiger partial charge in [-0.05, 0) is 44.2 Å². The van der Waals surface area contributed by atoms with Crippen LogP contribution in [0.25, 0.3) is 0 Å². The van der Waals surface area contributed by atoms with Crippen molar-refractivity contribution < 1.29 is 14.3 Å². The van der Waals surface area contributed by atoms with Crippen LogP contribution < -0.4 is 5.32 Å². The van der Waals surface area contributed by atoms with E-state index in [1.165, 1.54) is 11.8 Å². The molecule has 22 heavy (non-hydrogen) atoms. The van der Waals surface area contributed by atoms with Crippen LogP contribution in [0.3, 0.4) is 0 Å². The summed E-state index contributed by atoms with van der Waals surface area (Å²) in [6, 6.07) is 5.38. The van der Waals surface area contributed by atoms with Crippen LogP contribution in [0.5, 0.6) is 0 Å². The highest BCUT2D eigenvalue weighted by Gasteiger charge is 2.24. The molecule has 0 radical (unpaired) electrons. The van der Waals surface area contributed by atoms with Crippen molar-refractivity contribution in [3.63, 3.8) is 0 Å². The van der Waals surface area contributed by atoms with Crippen molar-refractivity contribution in [3.8, 4) is 0 Å². The molecule has 4 nitrogen and oxygen atoms in total. The number of halogens is 1. The lowest BCUT2D eigenvalue weighted by molar-refractivity contribution is -0.129. The van der Waals surface area contributed by atoms with E-state index in [2.05, 4.69) is 5.32 Å². The quantitative estimate of drug-likeness (QED) is 0.656. The molecule has 1 atom stereocenters. The van der Waals surface area contributed by atoms with Crippen LogP contribution in [-0.4, -0.2) is 30.3 Å². The number of rotatable bonds is 5. The fourth-order valence-corrected chi connectivity index (χ4v) is 3.09. The number of thioether (sulfide) groups is 1. The van der Waals surface area contributed by atoms with E-state index in [0.717, 1.165) is 30.6 Å². The predicted molar refractivity (Wildman–Crippen MR) is 88.5 cm³/mol. The zero-order valence-electron chi connectivity index (χ0n) is 12.7. The highest BCUT2D eigenvalue weighted by molar-refractivity contribution is 7.98. The summed E-state index contributed by atoms with van der Waals surface area (Å²) in [4.78, 5) is 25.2. The van der Waals surface area contributed by atoms with E-state index in [0.29, 0.717) is 5.02 Å². The summed E-state index contributed by atoms with van der Waals surface area (Å²) < 4.78 is 5.24. The normalized spacial score (nSPS) is 16.3. The van der Waals surface area contributed by atoms with Crippen molar-refractivity contribution in [3.05, 3.63) is 28.8 Å². The van der Waals surface area contributed by atoms with E-state index in [1.54, 1.807) is 19.1 Å². The molecule has 1 fully saturated rings. The molecular formula is C16H20ClNO3S. The molecule has 1 amide bonds. The van der Waals surface area contributed by atoms with Crippen LogP contribution in [-0.2, 0) is 9.53 Å². The average Bonchev–Trinajstić information content (AvgIpc) is 3.00. The van der Waals surface area contributed by atoms with Crippen molar-refractivity contribution in [1.82, 2.24) is 5.32 Å². The lowest BCUT2D eigenvalue weighted by atomic mass is 10.2. The Hall–Kier alpha value is -1.20. The van der Waals surface area contributed by atoms with Gasteiger partial charge in [-0.1, -0.05) is 24.4 Å². The van der Waals surface area contributed by atoms with E-state index in [1.807, 2.05) is 12.3 Å². The molecule has 0 aliphatic heterocycles. The van der Waals surface area contributed by atoms with Gasteiger partial charge in [-0.15, -0.1) is 11.8 Å². The van der Waals surface area contributed by atoms with Gasteiger partial charge < -0.3 is 10.1 Å². The Labute approximate surface area is 139 Å². The van der Waals surface area contributed by atoms with Crippen molar-refractivity contribution in [2.75, 3.05) is 6.26 Å². The summed E-state index contributed by atoms with van der Waals surface area (Å²) in [6.45, 7) is 1.58. The van der Waals surface area contributed by atoms with Gasteiger partial charge in [-0.3, -0.25) is 4.79 Å². The second-order valence-corrected chi connectivity index (χ2v) is 6.67. The number of benzene rings is 1. The summed E-state index contributed by atoms with van der Waals surface area (Å²) >= 11 is 7.55. The van der Waals surface area contributed by atoms with Gasteiger partial charge in [-0.2, -0.15) is 0 Å². The maximum atomic E-state index is 12.2. The highest BCUT2D eigenvalue weighted by Crippen LogP contribution is 2.24. The van der Waals surface area contributed by atoms with Crippen molar-refractivity contribution in [2.24, 2.45) is 0 Å². The largest absolute Gasteiger partial charge is 0.449 e. The molecule has 6 heteroatoms. The molecule has 0 unspecified atom stereocenters. The molecule has 1 aliphatic carbocycles. The fraction of sp³-hybridized carbons (Fsp3) is 0.500. The number of amides is 1. The first-order valence-corrected chi connectivity index (χ1v) is 8.96. The number of carbonyl (C=O) groups excluding carboxylic acids is 2. The van der Waals surface area contributed by atoms with E-state index >= 15 is 0 Å². The zero-order chi connectivity index (χ0) is 16.1. The third-order valence-electron chi connectivity index (χ3n) is 3.75. The Morgan fingerprint density at radius 3 is 2.68 bits per heavy atom. The first-order chi connectivity index (χ1) is 10.5. The lowest BCUT2D eigenvalue weighted by Gasteiger charge is -2.17. The Morgan fingerprint density at radius 2 is 2.05 bits per heavy atom. The molecule has 1 N–H and O–H groups in total. The third kappa shape index (κ3) is 4.40. The predicted octanol–water partition coefficient (Wildman–Crippen LogP) is 3.67. The number of nitrogens with one attached hydrogen (secondary N) is 1. The van der Waals surface area contributed by atoms with Gasteiger partial charge in [0.2, 0.25) is 0 Å². The van der Waals surface area contributed by atoms with Crippen molar-refractivity contribution in [1.29, 1.82) is 0 Å². The first-order valence-electron chi connectivity index (χ1n) is 7.36. The topological polar surface area (TPSA) is 55.4 Å². The van der Waals surface area contributed by atoms with E-state index in [-0.39, 0.29) is 17.5 Å². The standard InChI is InChI=1S/C16H20ClNO3S/c1-10(15(19)18-11-5-3-4-6-11)21-16(20)13-9-12(22-2)7-8-14(13)17/h7-11H,3-6H2,1-2H3,(H,18,19)/t10-/m1/s1. The van der Waals surface area contributed by atoms with Gasteiger partial charge in [0.15, 0.2) is 6.10 Å². The second-order valence-electron chi connectivity index (χ2n) is 5.38. The van der Waals surface area contributed by atoms with Crippen LogP contribution in [0.4, 0.5) is 0 Å². The minimum atomic E-state index is -0.831. The number of esters is 1. The minimum Gasteiger partial charge on any atom is -0.449 e. The fourth-order valence-electron chi connectivity index (χ4n) is 2.45. The Balaban J connectivity index is 1.96. The van der Waals surface area contributed by atoms with Crippen molar-refractivity contribution in [2.45, 2.75) is 49.6 Å². The van der Waals surface area contributed by atoms with Crippen LogP contribution in [0, 0.1) is 0 Å². The maximum Gasteiger partial charge on any atom is 0.340 e. The van der Waals surface area contributed by atoms with Gasteiger partial charge in [0, 0.05) is 10.9 Å². The molecule has 0 saturated heterocycles. The van der Waals surface area contributed by atoms with Crippen LogP contribution in [0.2, 0.25) is 5.02 Å².